The Balaban J connectivity index is 1.64. The molecule has 1 aromatic heterocycles. The van der Waals surface area contributed by atoms with Crippen molar-refractivity contribution in [3.05, 3.63) is 115 Å². The van der Waals surface area contributed by atoms with E-state index in [4.69, 9.17) is 0 Å². The summed E-state index contributed by atoms with van der Waals surface area (Å²) in [4.78, 5) is 0. The maximum Gasteiger partial charge on any atom is 0.0541 e. The predicted molar refractivity (Wildman–Crippen MR) is 128 cm³/mol. The second-order valence-electron chi connectivity index (χ2n) is 7.99. The molecule has 6 aromatic rings. The second kappa shape index (κ2) is 6.60. The van der Waals surface area contributed by atoms with E-state index in [0.717, 1.165) is 0 Å². The van der Waals surface area contributed by atoms with Crippen molar-refractivity contribution in [2.45, 2.75) is 6.92 Å². The monoisotopic (exact) mass is 383 g/mol. The van der Waals surface area contributed by atoms with Gasteiger partial charge in [-0.3, -0.25) is 0 Å². The van der Waals surface area contributed by atoms with Crippen LogP contribution in [-0.4, -0.2) is 4.57 Å². The van der Waals surface area contributed by atoms with E-state index in [9.17, 15) is 0 Å². The maximum atomic E-state index is 2.37. The van der Waals surface area contributed by atoms with Crippen LogP contribution in [0.2, 0.25) is 0 Å². The lowest BCUT2D eigenvalue weighted by atomic mass is 9.99. The molecule has 0 spiro atoms. The number of hydrogen-bond donors (Lipinski definition) is 0. The molecule has 0 N–H and O–H groups in total. The van der Waals surface area contributed by atoms with Crippen LogP contribution in [-0.2, 0) is 0 Å². The molecule has 0 saturated heterocycles. The molecule has 0 atom stereocenters. The summed E-state index contributed by atoms with van der Waals surface area (Å²) in [6.07, 6.45) is 0. The second-order valence-corrected chi connectivity index (χ2v) is 7.99. The van der Waals surface area contributed by atoms with Gasteiger partial charge in [-0.2, -0.15) is 0 Å². The van der Waals surface area contributed by atoms with Crippen molar-refractivity contribution in [3.63, 3.8) is 0 Å². The number of fused-ring (bicyclic) bond motifs is 4. The minimum Gasteiger partial charge on any atom is -0.309 e. The Labute approximate surface area is 175 Å². The summed E-state index contributed by atoms with van der Waals surface area (Å²) in [5.41, 5.74) is 7.47. The van der Waals surface area contributed by atoms with E-state index in [0.29, 0.717) is 0 Å². The fourth-order valence-corrected chi connectivity index (χ4v) is 4.54. The van der Waals surface area contributed by atoms with Crippen LogP contribution in [0.3, 0.4) is 0 Å². The van der Waals surface area contributed by atoms with Gasteiger partial charge in [0.2, 0.25) is 0 Å². The minimum absolute atomic E-state index is 1.19. The highest BCUT2D eigenvalue weighted by Crippen LogP contribution is 2.35. The van der Waals surface area contributed by atoms with Gasteiger partial charge in [0.1, 0.15) is 0 Å². The molecule has 30 heavy (non-hydrogen) atoms. The third-order valence-corrected chi connectivity index (χ3v) is 6.02. The van der Waals surface area contributed by atoms with E-state index >= 15 is 0 Å². The fourth-order valence-electron chi connectivity index (χ4n) is 4.54. The third-order valence-electron chi connectivity index (χ3n) is 6.02. The molecule has 0 bridgehead atoms. The molecule has 0 aliphatic heterocycles. The van der Waals surface area contributed by atoms with Gasteiger partial charge in [0.05, 0.1) is 11.0 Å². The van der Waals surface area contributed by atoms with Gasteiger partial charge in [-0.05, 0) is 71.3 Å². The van der Waals surface area contributed by atoms with Gasteiger partial charge in [0.15, 0.2) is 0 Å². The van der Waals surface area contributed by atoms with E-state index in [-0.39, 0.29) is 0 Å². The SMILES string of the molecule is Cc1ccc2c(c1)c1cc(-c3ccc4ccccc4c3)ccc1n2-c1ccccc1. The minimum atomic E-state index is 1.19. The quantitative estimate of drug-likeness (QED) is 0.286. The molecule has 0 radical (unpaired) electrons. The van der Waals surface area contributed by atoms with Crippen molar-refractivity contribution in [2.75, 3.05) is 0 Å². The molecule has 1 heteroatoms. The Hall–Kier alpha value is -3.84. The van der Waals surface area contributed by atoms with Crippen molar-refractivity contribution in [1.29, 1.82) is 0 Å². The smallest absolute Gasteiger partial charge is 0.0541 e. The van der Waals surface area contributed by atoms with Crippen LogP contribution < -0.4 is 0 Å². The molecular formula is C29H21N. The van der Waals surface area contributed by atoms with Crippen LogP contribution in [0.1, 0.15) is 5.56 Å². The zero-order valence-electron chi connectivity index (χ0n) is 16.8. The van der Waals surface area contributed by atoms with Crippen LogP contribution in [0.15, 0.2) is 109 Å². The number of rotatable bonds is 2. The topological polar surface area (TPSA) is 4.93 Å². The third kappa shape index (κ3) is 2.63. The largest absolute Gasteiger partial charge is 0.309 e. The van der Waals surface area contributed by atoms with Crippen molar-refractivity contribution in [2.24, 2.45) is 0 Å². The molecule has 0 amide bonds. The zero-order valence-corrected chi connectivity index (χ0v) is 16.8. The van der Waals surface area contributed by atoms with Gasteiger partial charge in [-0.15, -0.1) is 0 Å². The van der Waals surface area contributed by atoms with Crippen molar-refractivity contribution in [3.8, 4) is 16.8 Å². The molecule has 0 aliphatic carbocycles. The summed E-state index contributed by atoms with van der Waals surface area (Å²) in [6.45, 7) is 2.16. The average Bonchev–Trinajstić information content (AvgIpc) is 3.12. The van der Waals surface area contributed by atoms with Gasteiger partial charge in [-0.25, -0.2) is 0 Å². The summed E-state index contributed by atoms with van der Waals surface area (Å²) in [6, 6.07) is 39.5. The van der Waals surface area contributed by atoms with Gasteiger partial charge < -0.3 is 4.57 Å². The Morgan fingerprint density at radius 1 is 0.500 bits per heavy atom. The predicted octanol–water partition coefficient (Wildman–Crippen LogP) is 7.91. The normalized spacial score (nSPS) is 11.5. The first-order valence-corrected chi connectivity index (χ1v) is 10.4. The molecule has 0 saturated carbocycles. The molecule has 0 aliphatic rings. The Morgan fingerprint density at radius 3 is 1.97 bits per heavy atom. The van der Waals surface area contributed by atoms with Crippen LogP contribution in [0.4, 0.5) is 0 Å². The zero-order chi connectivity index (χ0) is 20.1. The molecule has 1 heterocycles. The maximum absolute atomic E-state index is 2.37. The van der Waals surface area contributed by atoms with Crippen LogP contribution >= 0.6 is 0 Å². The van der Waals surface area contributed by atoms with Crippen LogP contribution in [0, 0.1) is 6.92 Å². The highest BCUT2D eigenvalue weighted by Gasteiger charge is 2.13. The van der Waals surface area contributed by atoms with Gasteiger partial charge >= 0.3 is 0 Å². The molecule has 142 valence electrons. The summed E-state index contributed by atoms with van der Waals surface area (Å²) in [7, 11) is 0. The summed E-state index contributed by atoms with van der Waals surface area (Å²) < 4.78 is 2.37. The lowest BCUT2D eigenvalue weighted by Crippen LogP contribution is -1.93. The molecule has 1 nitrogen and oxygen atoms in total. The van der Waals surface area contributed by atoms with Crippen LogP contribution in [0.25, 0.3) is 49.4 Å². The highest BCUT2D eigenvalue weighted by molar-refractivity contribution is 6.10. The highest BCUT2D eigenvalue weighted by atomic mass is 15.0. The molecule has 5 aromatic carbocycles. The van der Waals surface area contributed by atoms with Gasteiger partial charge in [0, 0.05) is 16.5 Å². The Bertz CT molecular complexity index is 1540. The summed E-state index contributed by atoms with van der Waals surface area (Å²) in [5.74, 6) is 0. The first-order valence-electron chi connectivity index (χ1n) is 10.4. The number of aromatic nitrogens is 1. The Kier molecular flexibility index (Phi) is 3.75. The lowest BCUT2D eigenvalue weighted by molar-refractivity contribution is 1.18. The van der Waals surface area contributed by atoms with Crippen LogP contribution in [0.5, 0.6) is 0 Å². The lowest BCUT2D eigenvalue weighted by Gasteiger charge is -2.08. The van der Waals surface area contributed by atoms with E-state index < -0.39 is 0 Å². The number of aryl methyl sites for hydroxylation is 1. The molecule has 6 rings (SSSR count). The van der Waals surface area contributed by atoms with Gasteiger partial charge in [-0.1, -0.05) is 72.3 Å². The van der Waals surface area contributed by atoms with E-state index in [1.54, 1.807) is 0 Å². The van der Waals surface area contributed by atoms with Crippen molar-refractivity contribution < 1.29 is 0 Å². The molecule has 0 fully saturated rings. The van der Waals surface area contributed by atoms with E-state index in [2.05, 4.69) is 121 Å². The molecular weight excluding hydrogens is 362 g/mol. The standard InChI is InChI=1S/C29H21N/c1-20-11-15-28-26(17-20)27-19-24(23-13-12-21-7-5-6-8-22(21)18-23)14-16-29(27)30(28)25-9-3-2-4-10-25/h2-19H,1H3. The first-order chi connectivity index (χ1) is 14.8. The van der Waals surface area contributed by atoms with Crippen molar-refractivity contribution in [1.82, 2.24) is 4.57 Å². The number of benzene rings is 5. The summed E-state index contributed by atoms with van der Waals surface area (Å²) >= 11 is 0. The number of para-hydroxylation sites is 1. The van der Waals surface area contributed by atoms with E-state index in [1.165, 1.54) is 55.0 Å². The summed E-state index contributed by atoms with van der Waals surface area (Å²) in [5, 5.41) is 5.15. The van der Waals surface area contributed by atoms with Crippen molar-refractivity contribution >= 4 is 32.6 Å². The van der Waals surface area contributed by atoms with E-state index in [1.807, 2.05) is 0 Å². The van der Waals surface area contributed by atoms with Gasteiger partial charge in [0.25, 0.3) is 0 Å². The fraction of sp³-hybridized carbons (Fsp3) is 0.0345. The Morgan fingerprint density at radius 2 is 1.13 bits per heavy atom. The average molecular weight is 383 g/mol. The number of nitrogens with zero attached hydrogens (tertiary/aromatic N) is 1. The first kappa shape index (κ1) is 17.1. The number of hydrogen-bond acceptors (Lipinski definition) is 0. The molecule has 0 unspecified atom stereocenters.